The lowest BCUT2D eigenvalue weighted by Crippen LogP contribution is -2.56. The topological polar surface area (TPSA) is 114 Å². The van der Waals surface area contributed by atoms with Gasteiger partial charge in [-0.3, -0.25) is 9.59 Å². The second-order valence-corrected chi connectivity index (χ2v) is 6.58. The molecule has 1 aromatic heterocycles. The van der Waals surface area contributed by atoms with E-state index >= 15 is 0 Å². The van der Waals surface area contributed by atoms with Gasteiger partial charge < -0.3 is 29.3 Å². The molecule has 0 saturated carbocycles. The highest BCUT2D eigenvalue weighted by atomic mass is 16.5. The number of carbonyl (C=O) groups is 2. The first-order chi connectivity index (χ1) is 13.4. The molecule has 1 saturated heterocycles. The van der Waals surface area contributed by atoms with Gasteiger partial charge in [-0.15, -0.1) is 0 Å². The summed E-state index contributed by atoms with van der Waals surface area (Å²) < 4.78 is 15.4. The van der Waals surface area contributed by atoms with Gasteiger partial charge in [-0.1, -0.05) is 5.16 Å². The van der Waals surface area contributed by atoms with Crippen molar-refractivity contribution >= 4 is 11.8 Å². The maximum atomic E-state index is 13.0. The van der Waals surface area contributed by atoms with Crippen LogP contribution in [0, 0.1) is 6.92 Å². The molecule has 0 bridgehead atoms. The van der Waals surface area contributed by atoms with Crippen LogP contribution in [-0.2, 0) is 0 Å². The van der Waals surface area contributed by atoms with Crippen molar-refractivity contribution < 1.29 is 28.7 Å². The summed E-state index contributed by atoms with van der Waals surface area (Å²) in [5.41, 5.74) is 0.516. The monoisotopic (exact) mass is 389 g/mol. The molecule has 0 spiro atoms. The predicted molar refractivity (Wildman–Crippen MR) is 98.6 cm³/mol. The molecule has 2 aromatic rings. The zero-order valence-electron chi connectivity index (χ0n) is 16.0. The molecular weight excluding hydrogens is 366 g/mol. The number of carbonyl (C=O) groups excluding carboxylic acids is 2. The van der Waals surface area contributed by atoms with Gasteiger partial charge in [0.2, 0.25) is 0 Å². The summed E-state index contributed by atoms with van der Waals surface area (Å²) in [5, 5.41) is 16.7. The Balaban J connectivity index is 1.73. The molecule has 0 radical (unpaired) electrons. The van der Waals surface area contributed by atoms with Gasteiger partial charge in [0.05, 0.1) is 31.9 Å². The van der Waals surface area contributed by atoms with Crippen LogP contribution < -0.4 is 14.8 Å². The Labute approximate surface area is 162 Å². The molecule has 0 aliphatic carbocycles. The SMILES string of the molecule is COc1ccc(C(=O)N2CC[C@H](O)[C@H](NC(=O)c3cc(C)on3)C2)c(OC)c1. The van der Waals surface area contributed by atoms with Gasteiger partial charge in [-0.2, -0.15) is 0 Å². The quantitative estimate of drug-likeness (QED) is 0.784. The van der Waals surface area contributed by atoms with Gasteiger partial charge in [0, 0.05) is 25.2 Å². The first kappa shape index (κ1) is 19.7. The number of aryl methyl sites for hydroxylation is 1. The largest absolute Gasteiger partial charge is 0.497 e. The van der Waals surface area contributed by atoms with E-state index in [-0.39, 0.29) is 18.1 Å². The Morgan fingerprint density at radius 1 is 1.29 bits per heavy atom. The third-order valence-corrected chi connectivity index (χ3v) is 4.68. The number of hydrogen-bond donors (Lipinski definition) is 2. The maximum Gasteiger partial charge on any atom is 0.273 e. The fourth-order valence-corrected chi connectivity index (χ4v) is 3.13. The summed E-state index contributed by atoms with van der Waals surface area (Å²) in [7, 11) is 3.01. The van der Waals surface area contributed by atoms with E-state index in [1.54, 1.807) is 30.0 Å². The average Bonchev–Trinajstić information content (AvgIpc) is 3.15. The first-order valence-corrected chi connectivity index (χ1v) is 8.86. The lowest BCUT2D eigenvalue weighted by Gasteiger charge is -2.36. The summed E-state index contributed by atoms with van der Waals surface area (Å²) in [6, 6.07) is 5.84. The number of nitrogens with one attached hydrogen (secondary N) is 1. The van der Waals surface area contributed by atoms with E-state index in [1.807, 2.05) is 0 Å². The van der Waals surface area contributed by atoms with Gasteiger partial charge in [-0.05, 0) is 25.5 Å². The van der Waals surface area contributed by atoms with Gasteiger partial charge in [-0.25, -0.2) is 0 Å². The van der Waals surface area contributed by atoms with Crippen molar-refractivity contribution in [2.24, 2.45) is 0 Å². The summed E-state index contributed by atoms with van der Waals surface area (Å²) >= 11 is 0. The average molecular weight is 389 g/mol. The van der Waals surface area contributed by atoms with Crippen molar-refractivity contribution in [2.75, 3.05) is 27.3 Å². The number of nitrogens with zero attached hydrogens (tertiary/aromatic N) is 2. The van der Waals surface area contributed by atoms with Crippen molar-refractivity contribution in [3.05, 3.63) is 41.3 Å². The highest BCUT2D eigenvalue weighted by Crippen LogP contribution is 2.27. The van der Waals surface area contributed by atoms with Crippen molar-refractivity contribution in [3.8, 4) is 11.5 Å². The Morgan fingerprint density at radius 3 is 2.71 bits per heavy atom. The fourth-order valence-electron chi connectivity index (χ4n) is 3.13. The molecule has 2 amide bonds. The molecule has 2 heterocycles. The van der Waals surface area contributed by atoms with Crippen LogP contribution in [0.25, 0.3) is 0 Å². The third-order valence-electron chi connectivity index (χ3n) is 4.68. The standard InChI is InChI=1S/C19H23N3O6/c1-11-8-14(21-28-11)18(24)20-15-10-22(7-6-16(15)23)19(25)13-5-4-12(26-2)9-17(13)27-3/h4-5,8-9,15-16,23H,6-7,10H2,1-3H3,(H,20,24)/t15-,16+/m1/s1. The number of rotatable bonds is 5. The molecule has 3 rings (SSSR count). The van der Waals surface area contributed by atoms with Crippen LogP contribution in [0.3, 0.4) is 0 Å². The Morgan fingerprint density at radius 2 is 2.07 bits per heavy atom. The molecule has 1 aliphatic rings. The second kappa shape index (κ2) is 8.30. The molecule has 2 N–H and O–H groups in total. The Hall–Kier alpha value is -3.07. The normalized spacial score (nSPS) is 19.2. The van der Waals surface area contributed by atoms with Crippen LogP contribution in [0.15, 0.2) is 28.8 Å². The smallest absolute Gasteiger partial charge is 0.273 e. The van der Waals surface area contributed by atoms with Crippen LogP contribution >= 0.6 is 0 Å². The van der Waals surface area contributed by atoms with Crippen molar-refractivity contribution in [2.45, 2.75) is 25.5 Å². The predicted octanol–water partition coefficient (Wildman–Crippen LogP) is 1.01. The molecule has 2 atom stereocenters. The van der Waals surface area contributed by atoms with Crippen LogP contribution in [0.5, 0.6) is 11.5 Å². The summed E-state index contributed by atoms with van der Waals surface area (Å²) in [6.45, 7) is 2.21. The number of aliphatic hydroxyl groups excluding tert-OH is 1. The maximum absolute atomic E-state index is 13.0. The number of benzene rings is 1. The minimum atomic E-state index is -0.765. The van der Waals surface area contributed by atoms with Gasteiger partial charge in [0.1, 0.15) is 17.3 Å². The third kappa shape index (κ3) is 4.09. The molecule has 28 heavy (non-hydrogen) atoms. The molecule has 150 valence electrons. The minimum Gasteiger partial charge on any atom is -0.497 e. The van der Waals surface area contributed by atoms with E-state index in [0.29, 0.717) is 35.8 Å². The summed E-state index contributed by atoms with van der Waals surface area (Å²) in [6.07, 6.45) is -0.425. The molecular formula is C19H23N3O6. The van der Waals surface area contributed by atoms with E-state index < -0.39 is 18.1 Å². The number of piperidine rings is 1. The number of hydrogen-bond acceptors (Lipinski definition) is 7. The number of likely N-dealkylation sites (tertiary alicyclic amines) is 1. The van der Waals surface area contributed by atoms with Crippen LogP contribution in [-0.4, -0.2) is 66.4 Å². The fraction of sp³-hybridized carbons (Fsp3) is 0.421. The van der Waals surface area contributed by atoms with Gasteiger partial charge >= 0.3 is 0 Å². The molecule has 0 unspecified atom stereocenters. The van der Waals surface area contributed by atoms with E-state index in [4.69, 9.17) is 14.0 Å². The van der Waals surface area contributed by atoms with Crippen molar-refractivity contribution in [1.29, 1.82) is 0 Å². The highest BCUT2D eigenvalue weighted by molar-refractivity contribution is 5.97. The number of aromatic nitrogens is 1. The molecule has 1 aromatic carbocycles. The van der Waals surface area contributed by atoms with Crippen molar-refractivity contribution in [3.63, 3.8) is 0 Å². The Bertz CT molecular complexity index is 865. The van der Waals surface area contributed by atoms with E-state index in [1.165, 1.54) is 20.3 Å². The number of amides is 2. The van der Waals surface area contributed by atoms with Crippen LogP contribution in [0.2, 0.25) is 0 Å². The first-order valence-electron chi connectivity index (χ1n) is 8.86. The second-order valence-electron chi connectivity index (χ2n) is 6.58. The Kier molecular flexibility index (Phi) is 5.84. The number of ether oxygens (including phenoxy) is 2. The van der Waals surface area contributed by atoms with Crippen LogP contribution in [0.4, 0.5) is 0 Å². The highest BCUT2D eigenvalue weighted by Gasteiger charge is 2.33. The van der Waals surface area contributed by atoms with Crippen LogP contribution in [0.1, 0.15) is 33.0 Å². The minimum absolute atomic E-state index is 0.130. The lowest BCUT2D eigenvalue weighted by molar-refractivity contribution is 0.0355. The lowest BCUT2D eigenvalue weighted by atomic mass is 10.0. The number of aliphatic hydroxyl groups is 1. The van der Waals surface area contributed by atoms with Gasteiger partial charge in [0.15, 0.2) is 5.69 Å². The van der Waals surface area contributed by atoms with E-state index in [9.17, 15) is 14.7 Å². The van der Waals surface area contributed by atoms with Crippen molar-refractivity contribution in [1.82, 2.24) is 15.4 Å². The van der Waals surface area contributed by atoms with E-state index in [0.717, 1.165) is 0 Å². The molecule has 1 fully saturated rings. The molecule has 1 aliphatic heterocycles. The summed E-state index contributed by atoms with van der Waals surface area (Å²) in [4.78, 5) is 26.9. The zero-order chi connectivity index (χ0) is 20.3. The van der Waals surface area contributed by atoms with Gasteiger partial charge in [0.25, 0.3) is 11.8 Å². The molecule has 9 heteroatoms. The zero-order valence-corrected chi connectivity index (χ0v) is 16.0. The molecule has 9 nitrogen and oxygen atoms in total. The summed E-state index contributed by atoms with van der Waals surface area (Å²) in [5.74, 6) is 0.780. The number of methoxy groups -OCH3 is 2. The van der Waals surface area contributed by atoms with E-state index in [2.05, 4.69) is 10.5 Å².